The molecule has 1 heterocycles. The average molecular weight is 331 g/mol. The summed E-state index contributed by atoms with van der Waals surface area (Å²) in [5.74, 6) is 1.65. The summed E-state index contributed by atoms with van der Waals surface area (Å²) in [5, 5.41) is 2.25. The van der Waals surface area contributed by atoms with E-state index in [9.17, 15) is 0 Å². The Morgan fingerprint density at radius 3 is 2.60 bits per heavy atom. The lowest BCUT2D eigenvalue weighted by atomic mass is 9.97. The standard InChI is InChI=1S/C21H21N3O/c1-3-24-17-11-7-6-10-16(17)23-21(24)20(22)19-15-9-5-4-8-14(15)12-13-18(19)25-2/h4-13,20H,3,22H2,1-2H3. The molecule has 0 aliphatic carbocycles. The minimum Gasteiger partial charge on any atom is -0.496 e. The van der Waals surface area contributed by atoms with Crippen molar-refractivity contribution >= 4 is 21.8 Å². The maximum Gasteiger partial charge on any atom is 0.131 e. The molecule has 1 unspecified atom stereocenters. The maximum atomic E-state index is 6.74. The van der Waals surface area contributed by atoms with Gasteiger partial charge < -0.3 is 15.0 Å². The van der Waals surface area contributed by atoms with Gasteiger partial charge in [-0.2, -0.15) is 0 Å². The zero-order chi connectivity index (χ0) is 17.4. The second kappa shape index (κ2) is 6.22. The highest BCUT2D eigenvalue weighted by Crippen LogP contribution is 2.35. The molecule has 4 nitrogen and oxygen atoms in total. The summed E-state index contributed by atoms with van der Waals surface area (Å²) in [6, 6.07) is 20.1. The molecule has 4 heteroatoms. The highest BCUT2D eigenvalue weighted by Gasteiger charge is 2.23. The number of imidazole rings is 1. The molecule has 4 rings (SSSR count). The number of aromatic nitrogens is 2. The van der Waals surface area contributed by atoms with Crippen molar-refractivity contribution in [2.45, 2.75) is 19.5 Å². The quantitative estimate of drug-likeness (QED) is 0.608. The molecule has 3 aromatic carbocycles. The first-order valence-electron chi connectivity index (χ1n) is 8.51. The van der Waals surface area contributed by atoms with Gasteiger partial charge in [0.2, 0.25) is 0 Å². The normalized spacial score (nSPS) is 12.6. The summed E-state index contributed by atoms with van der Waals surface area (Å²) < 4.78 is 7.81. The second-order valence-electron chi connectivity index (χ2n) is 6.08. The first-order chi connectivity index (χ1) is 12.2. The molecule has 25 heavy (non-hydrogen) atoms. The molecule has 0 bridgehead atoms. The van der Waals surface area contributed by atoms with E-state index in [4.69, 9.17) is 15.5 Å². The third-order valence-electron chi connectivity index (χ3n) is 4.74. The van der Waals surface area contributed by atoms with Crippen molar-refractivity contribution in [3.05, 3.63) is 72.1 Å². The fraction of sp³-hybridized carbons (Fsp3) is 0.190. The van der Waals surface area contributed by atoms with Crippen LogP contribution in [-0.2, 0) is 6.54 Å². The number of hydrogen-bond acceptors (Lipinski definition) is 3. The molecule has 0 fully saturated rings. The van der Waals surface area contributed by atoms with Gasteiger partial charge in [-0.25, -0.2) is 4.98 Å². The van der Waals surface area contributed by atoms with E-state index in [1.54, 1.807) is 7.11 Å². The molecule has 0 saturated heterocycles. The number of benzene rings is 3. The summed E-state index contributed by atoms with van der Waals surface area (Å²) >= 11 is 0. The molecule has 0 spiro atoms. The third-order valence-corrected chi connectivity index (χ3v) is 4.74. The second-order valence-corrected chi connectivity index (χ2v) is 6.08. The van der Waals surface area contributed by atoms with Gasteiger partial charge in [0.1, 0.15) is 11.6 Å². The van der Waals surface area contributed by atoms with E-state index in [1.165, 1.54) is 0 Å². The van der Waals surface area contributed by atoms with Gasteiger partial charge in [0.05, 0.1) is 24.2 Å². The van der Waals surface area contributed by atoms with Crippen LogP contribution in [-0.4, -0.2) is 16.7 Å². The average Bonchev–Trinajstić information content (AvgIpc) is 3.05. The molecular formula is C21H21N3O. The summed E-state index contributed by atoms with van der Waals surface area (Å²) in [7, 11) is 1.68. The molecule has 1 aromatic heterocycles. The van der Waals surface area contributed by atoms with Crippen LogP contribution >= 0.6 is 0 Å². The number of ether oxygens (including phenoxy) is 1. The Morgan fingerprint density at radius 1 is 1.04 bits per heavy atom. The maximum absolute atomic E-state index is 6.74. The number of nitrogens with two attached hydrogens (primary N) is 1. The van der Waals surface area contributed by atoms with Crippen molar-refractivity contribution in [3.8, 4) is 5.75 Å². The Labute approximate surface area is 146 Å². The minimum atomic E-state index is -0.367. The Balaban J connectivity index is 1.98. The highest BCUT2D eigenvalue weighted by atomic mass is 16.5. The van der Waals surface area contributed by atoms with Crippen molar-refractivity contribution in [1.29, 1.82) is 0 Å². The molecule has 126 valence electrons. The predicted molar refractivity (Wildman–Crippen MR) is 102 cm³/mol. The summed E-state index contributed by atoms with van der Waals surface area (Å²) in [4.78, 5) is 4.82. The van der Waals surface area contributed by atoms with Gasteiger partial charge >= 0.3 is 0 Å². The molecule has 1 atom stereocenters. The Kier molecular flexibility index (Phi) is 3.90. The van der Waals surface area contributed by atoms with E-state index >= 15 is 0 Å². The largest absolute Gasteiger partial charge is 0.496 e. The van der Waals surface area contributed by atoms with Crippen LogP contribution < -0.4 is 10.5 Å². The first kappa shape index (κ1) is 15.7. The van der Waals surface area contributed by atoms with E-state index in [1.807, 2.05) is 36.4 Å². The lowest BCUT2D eigenvalue weighted by molar-refractivity contribution is 0.408. The van der Waals surface area contributed by atoms with Crippen molar-refractivity contribution in [1.82, 2.24) is 9.55 Å². The molecule has 0 amide bonds. The Morgan fingerprint density at radius 2 is 1.80 bits per heavy atom. The van der Waals surface area contributed by atoms with E-state index in [0.29, 0.717) is 0 Å². The topological polar surface area (TPSA) is 53.1 Å². The number of rotatable bonds is 4. The van der Waals surface area contributed by atoms with Crippen LogP contribution in [0.15, 0.2) is 60.7 Å². The Bertz CT molecular complexity index is 1050. The summed E-state index contributed by atoms with van der Waals surface area (Å²) in [6.07, 6.45) is 0. The Hall–Kier alpha value is -2.85. The van der Waals surface area contributed by atoms with E-state index in [-0.39, 0.29) is 6.04 Å². The molecule has 4 aromatic rings. The van der Waals surface area contributed by atoms with Crippen LogP contribution in [0.5, 0.6) is 5.75 Å². The molecule has 0 saturated carbocycles. The van der Waals surface area contributed by atoms with Gasteiger partial charge in [-0.05, 0) is 35.9 Å². The monoisotopic (exact) mass is 331 g/mol. The number of aryl methyl sites for hydroxylation is 1. The lowest BCUT2D eigenvalue weighted by Gasteiger charge is -2.19. The van der Waals surface area contributed by atoms with Crippen molar-refractivity contribution in [2.75, 3.05) is 7.11 Å². The number of methoxy groups -OCH3 is 1. The molecule has 0 radical (unpaired) electrons. The van der Waals surface area contributed by atoms with Crippen LogP contribution in [0.1, 0.15) is 24.4 Å². The number of nitrogens with zero attached hydrogens (tertiary/aromatic N) is 2. The third kappa shape index (κ3) is 2.46. The van der Waals surface area contributed by atoms with Crippen LogP contribution in [0, 0.1) is 0 Å². The van der Waals surface area contributed by atoms with Crippen molar-refractivity contribution in [2.24, 2.45) is 5.73 Å². The fourth-order valence-corrected chi connectivity index (χ4v) is 3.57. The molecule has 0 aliphatic rings. The van der Waals surface area contributed by atoms with Gasteiger partial charge in [0.25, 0.3) is 0 Å². The van der Waals surface area contributed by atoms with Crippen LogP contribution in [0.25, 0.3) is 21.8 Å². The van der Waals surface area contributed by atoms with E-state index in [0.717, 1.165) is 45.5 Å². The van der Waals surface area contributed by atoms with Crippen LogP contribution in [0.3, 0.4) is 0 Å². The molecule has 2 N–H and O–H groups in total. The minimum absolute atomic E-state index is 0.367. The molecular weight excluding hydrogens is 310 g/mol. The van der Waals surface area contributed by atoms with Crippen LogP contribution in [0.2, 0.25) is 0 Å². The van der Waals surface area contributed by atoms with E-state index in [2.05, 4.69) is 35.8 Å². The van der Waals surface area contributed by atoms with Crippen molar-refractivity contribution < 1.29 is 4.74 Å². The highest BCUT2D eigenvalue weighted by molar-refractivity contribution is 5.89. The van der Waals surface area contributed by atoms with Gasteiger partial charge in [-0.1, -0.05) is 42.5 Å². The van der Waals surface area contributed by atoms with Gasteiger partial charge in [0.15, 0.2) is 0 Å². The smallest absolute Gasteiger partial charge is 0.131 e. The zero-order valence-electron chi connectivity index (χ0n) is 14.4. The lowest BCUT2D eigenvalue weighted by Crippen LogP contribution is -2.19. The van der Waals surface area contributed by atoms with Gasteiger partial charge in [0, 0.05) is 12.1 Å². The number of para-hydroxylation sites is 2. The van der Waals surface area contributed by atoms with Gasteiger partial charge in [-0.3, -0.25) is 0 Å². The predicted octanol–water partition coefficient (Wildman–Crippen LogP) is 4.27. The summed E-state index contributed by atoms with van der Waals surface area (Å²) in [6.45, 7) is 2.93. The molecule has 0 aliphatic heterocycles. The number of hydrogen-bond donors (Lipinski definition) is 1. The van der Waals surface area contributed by atoms with Gasteiger partial charge in [-0.15, -0.1) is 0 Å². The SMILES string of the molecule is CCn1c(C(N)c2c(OC)ccc3ccccc23)nc2ccccc21. The fourth-order valence-electron chi connectivity index (χ4n) is 3.57. The number of fused-ring (bicyclic) bond motifs is 2. The summed E-state index contributed by atoms with van der Waals surface area (Å²) in [5.41, 5.74) is 9.79. The first-order valence-corrected chi connectivity index (χ1v) is 8.51. The van der Waals surface area contributed by atoms with Crippen LogP contribution in [0.4, 0.5) is 0 Å². The van der Waals surface area contributed by atoms with Crippen molar-refractivity contribution in [3.63, 3.8) is 0 Å². The zero-order valence-corrected chi connectivity index (χ0v) is 14.4. The van der Waals surface area contributed by atoms with E-state index < -0.39 is 0 Å².